The summed E-state index contributed by atoms with van der Waals surface area (Å²) >= 11 is 0. The molecule has 0 aliphatic carbocycles. The normalized spacial score (nSPS) is 11.1. The molecule has 0 saturated heterocycles. The smallest absolute Gasteiger partial charge is 0.330 e. The highest BCUT2D eigenvalue weighted by Gasteiger charge is 1.98. The van der Waals surface area contributed by atoms with Gasteiger partial charge in [-0.2, -0.15) is 0 Å². The molecule has 4 heteroatoms. The van der Waals surface area contributed by atoms with Crippen molar-refractivity contribution in [3.05, 3.63) is 35.9 Å². The van der Waals surface area contributed by atoms with Crippen LogP contribution in [0.25, 0.3) is 17.0 Å². The van der Waals surface area contributed by atoms with Crippen LogP contribution in [0.3, 0.4) is 0 Å². The molecule has 0 bridgehead atoms. The zero-order chi connectivity index (χ0) is 11.5. The molecule has 0 aliphatic heterocycles. The lowest BCUT2D eigenvalue weighted by Crippen LogP contribution is -1.93. The van der Waals surface area contributed by atoms with E-state index in [9.17, 15) is 4.79 Å². The summed E-state index contributed by atoms with van der Waals surface area (Å²) in [6, 6.07) is 7.62. The number of H-pyrrole nitrogens is 1. The Morgan fingerprint density at radius 3 is 3.00 bits per heavy atom. The van der Waals surface area contributed by atoms with Crippen molar-refractivity contribution in [3.8, 4) is 0 Å². The number of nitrogens with one attached hydrogen (secondary N) is 1. The molecule has 0 amide bonds. The number of benzene rings is 1. The minimum atomic E-state index is -0.367. The summed E-state index contributed by atoms with van der Waals surface area (Å²) in [7, 11) is 1.35. The molecule has 0 atom stereocenters. The third kappa shape index (κ3) is 2.06. The molecule has 3 N–H and O–H groups in total. The summed E-state index contributed by atoms with van der Waals surface area (Å²) < 4.78 is 4.51. The number of carbonyl (C=O) groups excluding carboxylic acids is 1. The fourth-order valence-corrected chi connectivity index (χ4v) is 1.51. The lowest BCUT2D eigenvalue weighted by atomic mass is 10.1. The summed E-state index contributed by atoms with van der Waals surface area (Å²) in [5.41, 5.74) is 7.54. The molecule has 0 unspecified atom stereocenters. The van der Waals surface area contributed by atoms with Gasteiger partial charge in [0.15, 0.2) is 0 Å². The number of esters is 1. The van der Waals surface area contributed by atoms with Crippen LogP contribution in [0.2, 0.25) is 0 Å². The molecule has 1 aromatic heterocycles. The highest BCUT2D eigenvalue weighted by molar-refractivity contribution is 5.89. The molecular weight excluding hydrogens is 204 g/mol. The number of aromatic nitrogens is 1. The third-order valence-corrected chi connectivity index (χ3v) is 2.28. The summed E-state index contributed by atoms with van der Waals surface area (Å²) in [5, 5.41) is 1.02. The average Bonchev–Trinajstić information content (AvgIpc) is 2.65. The summed E-state index contributed by atoms with van der Waals surface area (Å²) in [4.78, 5) is 13.9. The fraction of sp³-hybridized carbons (Fsp3) is 0.0833. The lowest BCUT2D eigenvalue weighted by Gasteiger charge is -1.94. The number of anilines is 1. The molecule has 0 saturated carbocycles. The standard InChI is InChI=1S/C12H12N2O2/c1-16-12(15)5-3-8-2-4-10-9(6-8)7-11(13)14-10/h2-7,14H,13H2,1H3/b5-3+. The average molecular weight is 216 g/mol. The van der Waals surface area contributed by atoms with Crippen molar-refractivity contribution in [1.82, 2.24) is 4.98 Å². The SMILES string of the molecule is COC(=O)/C=C/c1ccc2[nH]c(N)cc2c1. The second-order valence-corrected chi connectivity index (χ2v) is 3.43. The molecule has 0 aliphatic rings. The fourth-order valence-electron chi connectivity index (χ4n) is 1.51. The minimum absolute atomic E-state index is 0.367. The molecule has 1 heterocycles. The van der Waals surface area contributed by atoms with Crippen LogP contribution in [0.15, 0.2) is 30.3 Å². The zero-order valence-electron chi connectivity index (χ0n) is 8.86. The number of ether oxygens (including phenoxy) is 1. The van der Waals surface area contributed by atoms with Crippen LogP contribution in [0.4, 0.5) is 5.82 Å². The first-order valence-electron chi connectivity index (χ1n) is 4.83. The van der Waals surface area contributed by atoms with E-state index in [1.807, 2.05) is 24.3 Å². The molecule has 4 nitrogen and oxygen atoms in total. The largest absolute Gasteiger partial charge is 0.466 e. The van der Waals surface area contributed by atoms with E-state index >= 15 is 0 Å². The summed E-state index contributed by atoms with van der Waals surface area (Å²) in [6.45, 7) is 0. The van der Waals surface area contributed by atoms with Crippen LogP contribution >= 0.6 is 0 Å². The second kappa shape index (κ2) is 4.10. The number of hydrogen-bond donors (Lipinski definition) is 2. The Labute approximate surface area is 92.7 Å². The van der Waals surface area contributed by atoms with Crippen molar-refractivity contribution in [2.24, 2.45) is 0 Å². The van der Waals surface area contributed by atoms with E-state index in [0.717, 1.165) is 16.5 Å². The first-order chi connectivity index (χ1) is 7.69. The van der Waals surface area contributed by atoms with Gasteiger partial charge in [-0.05, 0) is 29.8 Å². The van der Waals surface area contributed by atoms with Gasteiger partial charge in [-0.3, -0.25) is 0 Å². The van der Waals surface area contributed by atoms with Crippen LogP contribution in [0, 0.1) is 0 Å². The summed E-state index contributed by atoms with van der Waals surface area (Å²) in [5.74, 6) is 0.262. The van der Waals surface area contributed by atoms with E-state index in [1.165, 1.54) is 13.2 Å². The molecule has 16 heavy (non-hydrogen) atoms. The van der Waals surface area contributed by atoms with Gasteiger partial charge in [0.1, 0.15) is 5.82 Å². The number of fused-ring (bicyclic) bond motifs is 1. The van der Waals surface area contributed by atoms with E-state index in [-0.39, 0.29) is 5.97 Å². The molecule has 0 radical (unpaired) electrons. The molecule has 2 aromatic rings. The maximum absolute atomic E-state index is 10.9. The predicted octanol–water partition coefficient (Wildman–Crippen LogP) is 1.94. The van der Waals surface area contributed by atoms with E-state index in [0.29, 0.717) is 5.82 Å². The molecule has 1 aromatic carbocycles. The van der Waals surface area contributed by atoms with Crippen molar-refractivity contribution >= 4 is 28.8 Å². The predicted molar refractivity (Wildman–Crippen MR) is 63.8 cm³/mol. The number of hydrogen-bond acceptors (Lipinski definition) is 3. The molecular formula is C12H12N2O2. The van der Waals surface area contributed by atoms with Gasteiger partial charge in [0, 0.05) is 17.0 Å². The first kappa shape index (κ1) is 10.3. The maximum Gasteiger partial charge on any atom is 0.330 e. The van der Waals surface area contributed by atoms with Crippen molar-refractivity contribution in [2.75, 3.05) is 12.8 Å². The Balaban J connectivity index is 2.32. The lowest BCUT2D eigenvalue weighted by molar-refractivity contribution is -0.134. The molecule has 82 valence electrons. The van der Waals surface area contributed by atoms with Crippen molar-refractivity contribution in [2.45, 2.75) is 0 Å². The monoisotopic (exact) mass is 216 g/mol. The zero-order valence-corrected chi connectivity index (χ0v) is 8.86. The van der Waals surface area contributed by atoms with Crippen molar-refractivity contribution in [1.29, 1.82) is 0 Å². The third-order valence-electron chi connectivity index (χ3n) is 2.28. The van der Waals surface area contributed by atoms with Crippen LogP contribution < -0.4 is 5.73 Å². The molecule has 0 fully saturated rings. The Kier molecular flexibility index (Phi) is 2.64. The van der Waals surface area contributed by atoms with Gasteiger partial charge in [-0.1, -0.05) is 6.07 Å². The van der Waals surface area contributed by atoms with E-state index in [2.05, 4.69) is 9.72 Å². The van der Waals surface area contributed by atoms with Crippen LogP contribution in [0.5, 0.6) is 0 Å². The highest BCUT2D eigenvalue weighted by atomic mass is 16.5. The van der Waals surface area contributed by atoms with Crippen LogP contribution in [-0.4, -0.2) is 18.1 Å². The van der Waals surface area contributed by atoms with Crippen LogP contribution in [0.1, 0.15) is 5.56 Å². The Morgan fingerprint density at radius 1 is 1.44 bits per heavy atom. The second-order valence-electron chi connectivity index (χ2n) is 3.43. The highest BCUT2D eigenvalue weighted by Crippen LogP contribution is 2.18. The number of carbonyl (C=O) groups is 1. The summed E-state index contributed by atoms with van der Waals surface area (Å²) in [6.07, 6.45) is 3.09. The van der Waals surface area contributed by atoms with E-state index in [1.54, 1.807) is 6.08 Å². The minimum Gasteiger partial charge on any atom is -0.466 e. The van der Waals surface area contributed by atoms with Crippen LogP contribution in [-0.2, 0) is 9.53 Å². The van der Waals surface area contributed by atoms with Gasteiger partial charge in [-0.15, -0.1) is 0 Å². The first-order valence-corrected chi connectivity index (χ1v) is 4.83. The number of nitrogen functional groups attached to an aromatic ring is 1. The topological polar surface area (TPSA) is 68.1 Å². The van der Waals surface area contributed by atoms with E-state index in [4.69, 9.17) is 5.73 Å². The van der Waals surface area contributed by atoms with Crippen molar-refractivity contribution in [3.63, 3.8) is 0 Å². The number of nitrogens with two attached hydrogens (primary N) is 1. The number of rotatable bonds is 2. The Hall–Kier alpha value is -2.23. The van der Waals surface area contributed by atoms with Crippen molar-refractivity contribution < 1.29 is 9.53 Å². The van der Waals surface area contributed by atoms with Gasteiger partial charge in [0.05, 0.1) is 7.11 Å². The number of methoxy groups -OCH3 is 1. The Morgan fingerprint density at radius 2 is 2.25 bits per heavy atom. The quantitative estimate of drug-likeness (QED) is 0.595. The Bertz CT molecular complexity index is 555. The van der Waals surface area contributed by atoms with Gasteiger partial charge in [0.25, 0.3) is 0 Å². The van der Waals surface area contributed by atoms with E-state index < -0.39 is 0 Å². The molecule has 0 spiro atoms. The molecule has 2 rings (SSSR count). The van der Waals surface area contributed by atoms with Gasteiger partial charge in [0.2, 0.25) is 0 Å². The van der Waals surface area contributed by atoms with Gasteiger partial charge >= 0.3 is 5.97 Å². The number of aromatic amines is 1. The van der Waals surface area contributed by atoms with Gasteiger partial charge in [-0.25, -0.2) is 4.79 Å². The van der Waals surface area contributed by atoms with Gasteiger partial charge < -0.3 is 15.5 Å². The maximum atomic E-state index is 10.9.